The van der Waals surface area contributed by atoms with Crippen molar-refractivity contribution in [1.82, 2.24) is 0 Å². The number of hydrogen-bond acceptors (Lipinski definition) is 1. The van der Waals surface area contributed by atoms with E-state index in [2.05, 4.69) is 71.0 Å². The Labute approximate surface area is 131 Å². The van der Waals surface area contributed by atoms with Gasteiger partial charge in [0, 0.05) is 0 Å². The summed E-state index contributed by atoms with van der Waals surface area (Å²) in [4.78, 5) is 0. The molecule has 0 amide bonds. The number of rotatable bonds is 3. The molecule has 0 aromatic heterocycles. The molecule has 20 heavy (non-hydrogen) atoms. The van der Waals surface area contributed by atoms with Crippen molar-refractivity contribution < 1.29 is 0 Å². The highest BCUT2D eigenvalue weighted by Gasteiger charge is 2.30. The van der Waals surface area contributed by atoms with Gasteiger partial charge in [-0.05, 0) is 89.7 Å². The predicted octanol–water partition coefficient (Wildman–Crippen LogP) is 6.07. The molecule has 0 spiro atoms. The highest BCUT2D eigenvalue weighted by atomic mass is 35.7. The van der Waals surface area contributed by atoms with Gasteiger partial charge in [0.2, 0.25) is 0 Å². The van der Waals surface area contributed by atoms with Crippen LogP contribution in [0.25, 0.3) is 0 Å². The van der Waals surface area contributed by atoms with Crippen LogP contribution in [-0.2, 0) is 4.75 Å². The first-order chi connectivity index (χ1) is 9.38. The lowest BCUT2D eigenvalue weighted by Gasteiger charge is -2.28. The smallest absolute Gasteiger partial charge is 0.0587 e. The van der Waals surface area contributed by atoms with Gasteiger partial charge in [0.25, 0.3) is 0 Å². The summed E-state index contributed by atoms with van der Waals surface area (Å²) in [6, 6.07) is 13.2. The molecule has 0 saturated carbocycles. The van der Waals surface area contributed by atoms with E-state index in [4.69, 9.17) is 10.7 Å². The molecule has 0 atom stereocenters. The first kappa shape index (κ1) is 15.5. The van der Waals surface area contributed by atoms with Crippen LogP contribution in [0.15, 0.2) is 36.4 Å². The predicted molar refractivity (Wildman–Crippen MR) is 91.7 cm³/mol. The van der Waals surface area contributed by atoms with Gasteiger partial charge in [0.1, 0.15) is 0 Å². The average Bonchev–Trinajstić information content (AvgIpc) is 2.44. The van der Waals surface area contributed by atoms with E-state index in [-0.39, 0.29) is 4.75 Å². The molecule has 2 heteroatoms. The third-order valence-corrected chi connectivity index (χ3v) is 5.98. The second-order valence-electron chi connectivity index (χ2n) is 5.71. The van der Waals surface area contributed by atoms with Gasteiger partial charge < -0.3 is 0 Å². The van der Waals surface area contributed by atoms with Crippen molar-refractivity contribution in [3.8, 4) is 0 Å². The molecular formula is C18H21ClS. The van der Waals surface area contributed by atoms with Gasteiger partial charge in [-0.25, -0.2) is 0 Å². The Bertz CT molecular complexity index is 580. The zero-order valence-electron chi connectivity index (χ0n) is 12.8. The van der Waals surface area contributed by atoms with Crippen molar-refractivity contribution in [2.75, 3.05) is 0 Å². The molecule has 0 nitrogen and oxygen atoms in total. The zero-order valence-corrected chi connectivity index (χ0v) is 14.3. The quantitative estimate of drug-likeness (QED) is 0.663. The first-order valence-corrected chi connectivity index (χ1v) is 8.48. The van der Waals surface area contributed by atoms with Gasteiger partial charge in [-0.15, -0.1) is 0 Å². The topological polar surface area (TPSA) is 0 Å². The maximum absolute atomic E-state index is 6.28. The molecule has 0 saturated heterocycles. The van der Waals surface area contributed by atoms with Crippen LogP contribution >= 0.6 is 21.7 Å². The van der Waals surface area contributed by atoms with E-state index in [1.54, 1.807) is 0 Å². The van der Waals surface area contributed by atoms with Crippen LogP contribution in [-0.4, -0.2) is 0 Å². The number of halogens is 1. The molecule has 2 aromatic rings. The summed E-state index contributed by atoms with van der Waals surface area (Å²) >= 11 is 0. The highest BCUT2D eigenvalue weighted by molar-refractivity contribution is 8.21. The van der Waals surface area contributed by atoms with Crippen molar-refractivity contribution in [1.29, 1.82) is 0 Å². The maximum atomic E-state index is 6.28. The van der Waals surface area contributed by atoms with Gasteiger partial charge in [-0.2, -0.15) is 0 Å². The summed E-state index contributed by atoms with van der Waals surface area (Å²) in [7, 11) is 7.66. The Balaban J connectivity index is 2.57. The summed E-state index contributed by atoms with van der Waals surface area (Å²) in [5, 5.41) is 0. The summed E-state index contributed by atoms with van der Waals surface area (Å²) in [5.74, 6) is 0. The van der Waals surface area contributed by atoms with Gasteiger partial charge >= 0.3 is 0 Å². The highest BCUT2D eigenvalue weighted by Crippen LogP contribution is 2.45. The van der Waals surface area contributed by atoms with E-state index in [0.717, 1.165) is 0 Å². The molecule has 0 N–H and O–H groups in total. The van der Waals surface area contributed by atoms with Gasteiger partial charge in [0.15, 0.2) is 0 Å². The van der Waals surface area contributed by atoms with Crippen LogP contribution in [0.4, 0.5) is 0 Å². The van der Waals surface area contributed by atoms with Crippen LogP contribution in [0, 0.1) is 27.7 Å². The monoisotopic (exact) mass is 304 g/mol. The van der Waals surface area contributed by atoms with E-state index < -0.39 is 0 Å². The molecule has 0 fully saturated rings. The molecule has 0 aliphatic rings. The van der Waals surface area contributed by atoms with E-state index >= 15 is 0 Å². The molecule has 0 bridgehead atoms. The molecular weight excluding hydrogens is 284 g/mol. The van der Waals surface area contributed by atoms with Crippen molar-refractivity contribution in [2.24, 2.45) is 0 Å². The Morgan fingerprint density at radius 2 is 1.15 bits per heavy atom. The van der Waals surface area contributed by atoms with Gasteiger partial charge in [-0.3, -0.25) is 0 Å². The van der Waals surface area contributed by atoms with Crippen LogP contribution in [0.1, 0.15) is 40.3 Å². The minimum Gasteiger partial charge on any atom is -0.0587 e. The summed E-state index contributed by atoms with van der Waals surface area (Å²) in [6.07, 6.45) is 0. The molecule has 0 aliphatic heterocycles. The molecule has 0 unspecified atom stereocenters. The largest absolute Gasteiger partial charge is 0.0780 e. The van der Waals surface area contributed by atoms with Crippen molar-refractivity contribution in [3.05, 3.63) is 69.8 Å². The molecule has 106 valence electrons. The summed E-state index contributed by atoms with van der Waals surface area (Å²) < 4.78 is -0.224. The Morgan fingerprint density at radius 3 is 1.45 bits per heavy atom. The van der Waals surface area contributed by atoms with Crippen molar-refractivity contribution >= 4 is 21.7 Å². The standard InChI is InChI=1S/C18H21ClS/c1-12-6-8-16(10-14(12)3)18(5,20-19)17-9-7-13(2)15(4)11-17/h6-11H,1-5H3. The van der Waals surface area contributed by atoms with E-state index in [0.29, 0.717) is 0 Å². The second-order valence-corrected chi connectivity index (χ2v) is 7.14. The fourth-order valence-electron chi connectivity index (χ4n) is 2.33. The lowest BCUT2D eigenvalue weighted by atomic mass is 9.88. The Kier molecular flexibility index (Phi) is 4.51. The second kappa shape index (κ2) is 5.83. The Hall–Kier alpha value is -0.920. The van der Waals surface area contributed by atoms with Crippen LogP contribution in [0.3, 0.4) is 0 Å². The van der Waals surface area contributed by atoms with Crippen molar-refractivity contribution in [2.45, 2.75) is 39.4 Å². The van der Waals surface area contributed by atoms with Gasteiger partial charge in [0.05, 0.1) is 4.75 Å². The fraction of sp³-hybridized carbons (Fsp3) is 0.333. The SMILES string of the molecule is Cc1ccc(C(C)(SCl)c2ccc(C)c(C)c2)cc1C. The number of benzene rings is 2. The number of aryl methyl sites for hydroxylation is 4. The van der Waals surface area contributed by atoms with Crippen LogP contribution in [0.2, 0.25) is 0 Å². The third kappa shape index (κ3) is 2.75. The summed E-state index contributed by atoms with van der Waals surface area (Å²) in [5.41, 5.74) is 7.76. The van der Waals surface area contributed by atoms with E-state index in [1.807, 2.05) is 0 Å². The van der Waals surface area contributed by atoms with Crippen molar-refractivity contribution in [3.63, 3.8) is 0 Å². The Morgan fingerprint density at radius 1 is 0.750 bits per heavy atom. The number of hydrogen-bond donors (Lipinski definition) is 0. The van der Waals surface area contributed by atoms with Gasteiger partial charge in [-0.1, -0.05) is 36.4 Å². The molecule has 0 aliphatic carbocycles. The lowest BCUT2D eigenvalue weighted by molar-refractivity contribution is 0.840. The molecule has 2 aromatic carbocycles. The van der Waals surface area contributed by atoms with Crippen LogP contribution < -0.4 is 0 Å². The lowest BCUT2D eigenvalue weighted by Crippen LogP contribution is -2.18. The average molecular weight is 305 g/mol. The minimum atomic E-state index is -0.224. The minimum absolute atomic E-state index is 0.224. The fourth-order valence-corrected chi connectivity index (χ4v) is 3.30. The van der Waals surface area contributed by atoms with E-state index in [9.17, 15) is 0 Å². The molecule has 0 radical (unpaired) electrons. The maximum Gasteiger partial charge on any atom is 0.0780 e. The normalized spacial score (nSPS) is 11.7. The zero-order chi connectivity index (χ0) is 14.9. The third-order valence-electron chi connectivity index (χ3n) is 4.27. The first-order valence-electron chi connectivity index (χ1n) is 6.83. The summed E-state index contributed by atoms with van der Waals surface area (Å²) in [6.45, 7) is 10.8. The molecule has 2 rings (SSSR count). The molecule has 0 heterocycles. The van der Waals surface area contributed by atoms with E-state index in [1.165, 1.54) is 44.4 Å². The van der Waals surface area contributed by atoms with Crippen LogP contribution in [0.5, 0.6) is 0 Å².